The Morgan fingerprint density at radius 2 is 1.96 bits per heavy atom. The lowest BCUT2D eigenvalue weighted by molar-refractivity contribution is -0.157. The van der Waals surface area contributed by atoms with Gasteiger partial charge >= 0.3 is 11.9 Å². The van der Waals surface area contributed by atoms with Gasteiger partial charge < -0.3 is 20.1 Å². The first-order valence-corrected chi connectivity index (χ1v) is 8.81. The molecule has 8 heteroatoms. The molecule has 7 nitrogen and oxygen atoms in total. The maximum absolute atomic E-state index is 12.9. The largest absolute Gasteiger partial charge is 0.465 e. The van der Waals surface area contributed by atoms with E-state index in [-0.39, 0.29) is 23.4 Å². The number of nitrogens with one attached hydrogen (secondary N) is 2. The van der Waals surface area contributed by atoms with Crippen molar-refractivity contribution in [3.8, 4) is 0 Å². The van der Waals surface area contributed by atoms with Crippen molar-refractivity contribution in [2.24, 2.45) is 0 Å². The van der Waals surface area contributed by atoms with Crippen LogP contribution in [0.15, 0.2) is 59.8 Å². The molecule has 4 rings (SSSR count). The lowest BCUT2D eigenvalue weighted by Gasteiger charge is -2.22. The van der Waals surface area contributed by atoms with E-state index in [2.05, 4.69) is 10.6 Å². The molecule has 0 aliphatic carbocycles. The molecule has 2 heterocycles. The van der Waals surface area contributed by atoms with E-state index in [1.165, 1.54) is 13.2 Å². The second kappa shape index (κ2) is 6.69. The maximum atomic E-state index is 12.9. The highest BCUT2D eigenvalue weighted by Crippen LogP contribution is 2.49. The summed E-state index contributed by atoms with van der Waals surface area (Å²) >= 11 is 6.08. The summed E-state index contributed by atoms with van der Waals surface area (Å²) < 4.78 is 10.4. The number of hydrogen-bond donors (Lipinski definition) is 2. The number of amides is 1. The normalized spacial score (nSPS) is 20.1. The zero-order valence-corrected chi connectivity index (χ0v) is 15.5. The molecule has 0 fully saturated rings. The minimum Gasteiger partial charge on any atom is -0.465 e. The Balaban J connectivity index is 1.84. The first-order chi connectivity index (χ1) is 13.5. The molecule has 2 aliphatic heterocycles. The van der Waals surface area contributed by atoms with Gasteiger partial charge in [-0.25, -0.2) is 9.59 Å². The minimum absolute atomic E-state index is 0.112. The Hall–Kier alpha value is -3.32. The third-order valence-corrected chi connectivity index (χ3v) is 4.92. The number of esters is 2. The molecule has 2 aliphatic rings. The van der Waals surface area contributed by atoms with Gasteiger partial charge in [0.15, 0.2) is 0 Å². The molecule has 0 aromatic heterocycles. The third kappa shape index (κ3) is 2.63. The van der Waals surface area contributed by atoms with E-state index in [0.717, 1.165) is 5.56 Å². The predicted molar refractivity (Wildman–Crippen MR) is 100 cm³/mol. The summed E-state index contributed by atoms with van der Waals surface area (Å²) in [6.07, 6.45) is 0. The molecule has 1 spiro atoms. The molecule has 0 bridgehead atoms. The number of fused-ring (bicyclic) bond motifs is 2. The first-order valence-electron chi connectivity index (χ1n) is 8.43. The van der Waals surface area contributed by atoms with Crippen molar-refractivity contribution >= 4 is 35.1 Å². The van der Waals surface area contributed by atoms with Crippen molar-refractivity contribution in [3.05, 3.63) is 76.0 Å². The van der Waals surface area contributed by atoms with Crippen LogP contribution >= 0.6 is 11.6 Å². The number of ether oxygens (including phenoxy) is 2. The second-order valence-corrected chi connectivity index (χ2v) is 6.73. The Morgan fingerprint density at radius 3 is 2.68 bits per heavy atom. The number of anilines is 1. The fourth-order valence-electron chi connectivity index (χ4n) is 3.41. The highest BCUT2D eigenvalue weighted by atomic mass is 35.5. The highest BCUT2D eigenvalue weighted by molar-refractivity contribution is 6.31. The molecule has 1 unspecified atom stereocenters. The summed E-state index contributed by atoms with van der Waals surface area (Å²) in [6.45, 7) is 0.256. The van der Waals surface area contributed by atoms with Gasteiger partial charge in [-0.15, -0.1) is 0 Å². The summed E-state index contributed by atoms with van der Waals surface area (Å²) in [5.74, 6) is -2.32. The van der Waals surface area contributed by atoms with E-state index in [9.17, 15) is 14.4 Å². The number of hydrogen-bond acceptors (Lipinski definition) is 6. The van der Waals surface area contributed by atoms with Crippen LogP contribution in [0.25, 0.3) is 0 Å². The number of methoxy groups -OCH3 is 1. The van der Waals surface area contributed by atoms with Gasteiger partial charge in [0.25, 0.3) is 11.5 Å². The van der Waals surface area contributed by atoms with Crippen LogP contribution in [-0.2, 0) is 36.0 Å². The van der Waals surface area contributed by atoms with E-state index >= 15 is 0 Å². The minimum atomic E-state index is -1.94. The van der Waals surface area contributed by atoms with Crippen molar-refractivity contribution in [2.75, 3.05) is 12.4 Å². The zero-order chi connectivity index (χ0) is 19.9. The zero-order valence-electron chi connectivity index (χ0n) is 14.7. The van der Waals surface area contributed by atoms with Crippen molar-refractivity contribution in [1.29, 1.82) is 0 Å². The smallest absolute Gasteiger partial charge is 0.356 e. The van der Waals surface area contributed by atoms with E-state index < -0.39 is 23.4 Å². The average Bonchev–Trinajstić information content (AvgIpc) is 3.14. The molecule has 1 atom stereocenters. The van der Waals surface area contributed by atoms with Crippen LogP contribution in [0.1, 0.15) is 11.1 Å². The fourth-order valence-corrected chi connectivity index (χ4v) is 3.58. The molecule has 142 valence electrons. The van der Waals surface area contributed by atoms with Crippen molar-refractivity contribution < 1.29 is 23.9 Å². The van der Waals surface area contributed by atoms with Gasteiger partial charge in [0.1, 0.15) is 11.3 Å². The number of carbonyl (C=O) groups is 3. The number of rotatable bonds is 4. The first kappa shape index (κ1) is 18.1. The molecule has 2 N–H and O–H groups in total. The molecule has 28 heavy (non-hydrogen) atoms. The lowest BCUT2D eigenvalue weighted by atomic mass is 9.87. The van der Waals surface area contributed by atoms with Gasteiger partial charge in [-0.3, -0.25) is 4.79 Å². The predicted octanol–water partition coefficient (Wildman–Crippen LogP) is 2.26. The second-order valence-electron chi connectivity index (χ2n) is 6.30. The third-order valence-electron chi connectivity index (χ3n) is 4.68. The quantitative estimate of drug-likeness (QED) is 0.767. The Kier molecular flexibility index (Phi) is 4.31. The number of carbonyl (C=O) groups excluding carboxylic acids is 3. The van der Waals surface area contributed by atoms with Gasteiger partial charge in [0, 0.05) is 22.8 Å². The van der Waals surface area contributed by atoms with E-state index in [4.69, 9.17) is 21.1 Å². The van der Waals surface area contributed by atoms with Gasteiger partial charge in [-0.2, -0.15) is 0 Å². The summed E-state index contributed by atoms with van der Waals surface area (Å²) in [6, 6.07) is 14.0. The SMILES string of the molecule is COC(=O)C1=C(NCc2ccccc2)C(=O)OC12C(=O)Nc1ccc(Cl)cc12. The Morgan fingerprint density at radius 1 is 1.21 bits per heavy atom. The highest BCUT2D eigenvalue weighted by Gasteiger charge is 2.62. The standard InChI is InChI=1S/C20H15ClN2O5/c1-27-17(24)15-16(22-10-11-5-3-2-4-6-11)18(25)28-20(15)13-9-12(21)7-8-14(13)23-19(20)26/h2-9,22H,10H2,1H3,(H,23,26). The van der Waals surface area contributed by atoms with Crippen LogP contribution in [0.2, 0.25) is 5.02 Å². The number of benzene rings is 2. The van der Waals surface area contributed by atoms with Crippen LogP contribution in [0.5, 0.6) is 0 Å². The molecule has 0 saturated carbocycles. The molecule has 2 aromatic rings. The van der Waals surface area contributed by atoms with Crippen LogP contribution in [-0.4, -0.2) is 25.0 Å². The van der Waals surface area contributed by atoms with Crippen LogP contribution in [0.4, 0.5) is 5.69 Å². The molecule has 0 saturated heterocycles. The monoisotopic (exact) mass is 398 g/mol. The van der Waals surface area contributed by atoms with Gasteiger partial charge in [-0.05, 0) is 23.8 Å². The van der Waals surface area contributed by atoms with E-state index in [1.807, 2.05) is 30.3 Å². The van der Waals surface area contributed by atoms with Gasteiger partial charge in [0.2, 0.25) is 0 Å². The summed E-state index contributed by atoms with van der Waals surface area (Å²) in [5, 5.41) is 5.89. The van der Waals surface area contributed by atoms with Crippen LogP contribution in [0.3, 0.4) is 0 Å². The van der Waals surface area contributed by atoms with Crippen molar-refractivity contribution in [2.45, 2.75) is 12.1 Å². The van der Waals surface area contributed by atoms with Crippen molar-refractivity contribution in [3.63, 3.8) is 0 Å². The van der Waals surface area contributed by atoms with Crippen LogP contribution < -0.4 is 10.6 Å². The Bertz CT molecular complexity index is 1030. The molecule has 2 aromatic carbocycles. The summed E-state index contributed by atoms with van der Waals surface area (Å²) in [7, 11) is 1.17. The topological polar surface area (TPSA) is 93.7 Å². The van der Waals surface area contributed by atoms with Gasteiger partial charge in [-0.1, -0.05) is 41.9 Å². The van der Waals surface area contributed by atoms with Crippen LogP contribution in [0, 0.1) is 0 Å². The molecular weight excluding hydrogens is 384 g/mol. The maximum Gasteiger partial charge on any atom is 0.356 e. The summed E-state index contributed by atoms with van der Waals surface area (Å²) in [4.78, 5) is 38.1. The molecular formula is C20H15ClN2O5. The fraction of sp³-hybridized carbons (Fsp3) is 0.150. The van der Waals surface area contributed by atoms with E-state index in [1.54, 1.807) is 12.1 Å². The Labute approximate surface area is 165 Å². The van der Waals surface area contributed by atoms with Gasteiger partial charge in [0.05, 0.1) is 7.11 Å². The molecule has 1 amide bonds. The average molecular weight is 399 g/mol. The number of halogens is 1. The summed E-state index contributed by atoms with van der Waals surface area (Å²) in [5.41, 5.74) is -0.674. The molecule has 0 radical (unpaired) electrons. The van der Waals surface area contributed by atoms with E-state index in [0.29, 0.717) is 10.7 Å². The lowest BCUT2D eigenvalue weighted by Crippen LogP contribution is -2.40. The van der Waals surface area contributed by atoms with Crippen molar-refractivity contribution in [1.82, 2.24) is 5.32 Å².